The van der Waals surface area contributed by atoms with E-state index in [4.69, 9.17) is 5.26 Å². The van der Waals surface area contributed by atoms with E-state index in [0.29, 0.717) is 5.56 Å². The fraction of sp³-hybridized carbons (Fsp3) is 0.0588. The Bertz CT molecular complexity index is 838. The highest BCUT2D eigenvalue weighted by Gasteiger charge is 2.20. The van der Waals surface area contributed by atoms with Gasteiger partial charge < -0.3 is 15.2 Å². The molecule has 7 heteroatoms. The van der Waals surface area contributed by atoms with Crippen LogP contribution in [0.1, 0.15) is 15.9 Å². The minimum Gasteiger partial charge on any atom is -0.506 e. The fourth-order valence-corrected chi connectivity index (χ4v) is 1.90. The van der Waals surface area contributed by atoms with Crippen LogP contribution in [0.25, 0.3) is 5.76 Å². The molecule has 1 aromatic heterocycles. The van der Waals surface area contributed by atoms with Crippen LogP contribution in [0.2, 0.25) is 0 Å². The zero-order chi connectivity index (χ0) is 17.5. The first kappa shape index (κ1) is 16.7. The van der Waals surface area contributed by atoms with Crippen LogP contribution in [0.15, 0.2) is 54.2 Å². The van der Waals surface area contributed by atoms with E-state index < -0.39 is 23.2 Å². The Labute approximate surface area is 137 Å². The lowest BCUT2D eigenvalue weighted by Gasteiger charge is -2.10. The predicted molar refractivity (Wildman–Crippen MR) is 85.8 cm³/mol. The van der Waals surface area contributed by atoms with Crippen LogP contribution in [0.3, 0.4) is 0 Å². The van der Waals surface area contributed by atoms with E-state index in [9.17, 15) is 14.7 Å². The zero-order valence-corrected chi connectivity index (χ0v) is 12.7. The van der Waals surface area contributed by atoms with Crippen molar-refractivity contribution in [1.29, 1.82) is 5.26 Å². The van der Waals surface area contributed by atoms with Gasteiger partial charge in [-0.1, -0.05) is 18.2 Å². The van der Waals surface area contributed by atoms with Gasteiger partial charge in [-0.2, -0.15) is 5.26 Å². The normalized spacial score (nSPS) is 11.0. The van der Waals surface area contributed by atoms with E-state index in [-0.39, 0.29) is 11.4 Å². The van der Waals surface area contributed by atoms with E-state index in [2.05, 4.69) is 15.0 Å². The smallest absolute Gasteiger partial charge is 0.352 e. The standard InChI is InChI=1S/C17H13N3O4/c1-24-17(23)13(10-18)14(21)12-8-5-9-19-15(12)20-16(22)11-6-3-2-4-7-11/h2-9,21H,1H3,(H,19,20,22)/b14-13-. The van der Waals surface area contributed by atoms with Gasteiger partial charge in [0.05, 0.1) is 12.7 Å². The average Bonchev–Trinajstić information content (AvgIpc) is 2.63. The molecule has 0 spiro atoms. The van der Waals surface area contributed by atoms with Crippen LogP contribution in [0.4, 0.5) is 5.82 Å². The van der Waals surface area contributed by atoms with Crippen molar-refractivity contribution >= 4 is 23.5 Å². The van der Waals surface area contributed by atoms with E-state index in [0.717, 1.165) is 7.11 Å². The van der Waals surface area contributed by atoms with Crippen molar-refractivity contribution in [3.8, 4) is 6.07 Å². The molecule has 0 saturated carbocycles. The lowest BCUT2D eigenvalue weighted by Crippen LogP contribution is -2.15. The number of nitrogens with one attached hydrogen (secondary N) is 1. The molecule has 1 aromatic carbocycles. The number of nitriles is 1. The second-order valence-corrected chi connectivity index (χ2v) is 4.55. The number of pyridine rings is 1. The third-order valence-corrected chi connectivity index (χ3v) is 3.07. The molecular weight excluding hydrogens is 310 g/mol. The molecular formula is C17H13N3O4. The van der Waals surface area contributed by atoms with Crippen LogP contribution < -0.4 is 5.32 Å². The lowest BCUT2D eigenvalue weighted by molar-refractivity contribution is -0.135. The molecule has 120 valence electrons. The van der Waals surface area contributed by atoms with Crippen LogP contribution in [-0.4, -0.2) is 29.1 Å². The Morgan fingerprint density at radius 2 is 1.92 bits per heavy atom. The van der Waals surface area contributed by atoms with Gasteiger partial charge in [0.25, 0.3) is 5.91 Å². The topological polar surface area (TPSA) is 112 Å². The summed E-state index contributed by atoms with van der Waals surface area (Å²) in [4.78, 5) is 27.7. The largest absolute Gasteiger partial charge is 0.506 e. The Morgan fingerprint density at radius 1 is 1.21 bits per heavy atom. The molecule has 7 nitrogen and oxygen atoms in total. The van der Waals surface area contributed by atoms with Gasteiger partial charge in [0, 0.05) is 11.8 Å². The summed E-state index contributed by atoms with van der Waals surface area (Å²) in [6.45, 7) is 0. The quantitative estimate of drug-likeness (QED) is 0.386. The Hall–Kier alpha value is -3.66. The molecule has 0 atom stereocenters. The van der Waals surface area contributed by atoms with Crippen LogP contribution in [0.5, 0.6) is 0 Å². The number of anilines is 1. The summed E-state index contributed by atoms with van der Waals surface area (Å²) < 4.78 is 4.45. The van der Waals surface area contributed by atoms with Crippen molar-refractivity contribution in [2.45, 2.75) is 0 Å². The van der Waals surface area contributed by atoms with E-state index >= 15 is 0 Å². The number of carbonyl (C=O) groups is 2. The Morgan fingerprint density at radius 3 is 2.54 bits per heavy atom. The highest BCUT2D eigenvalue weighted by molar-refractivity contribution is 6.06. The number of hydrogen-bond donors (Lipinski definition) is 2. The van der Waals surface area contributed by atoms with Gasteiger partial charge in [0.1, 0.15) is 11.9 Å². The van der Waals surface area contributed by atoms with Crippen molar-refractivity contribution in [1.82, 2.24) is 4.98 Å². The van der Waals surface area contributed by atoms with E-state index in [1.165, 1.54) is 18.3 Å². The number of aliphatic hydroxyl groups is 1. The average molecular weight is 323 g/mol. The summed E-state index contributed by atoms with van der Waals surface area (Å²) in [5.41, 5.74) is -0.157. The summed E-state index contributed by atoms with van der Waals surface area (Å²) in [5, 5.41) is 21.8. The first-order valence-corrected chi connectivity index (χ1v) is 6.82. The van der Waals surface area contributed by atoms with Crippen molar-refractivity contribution in [2.75, 3.05) is 12.4 Å². The number of ether oxygens (including phenoxy) is 1. The molecule has 0 aliphatic heterocycles. The maximum absolute atomic E-state index is 12.2. The summed E-state index contributed by atoms with van der Waals surface area (Å²) >= 11 is 0. The highest BCUT2D eigenvalue weighted by atomic mass is 16.5. The van der Waals surface area contributed by atoms with Gasteiger partial charge in [-0.3, -0.25) is 4.79 Å². The third-order valence-electron chi connectivity index (χ3n) is 3.07. The molecule has 0 aliphatic rings. The minimum atomic E-state index is -0.987. The molecule has 24 heavy (non-hydrogen) atoms. The molecule has 0 bridgehead atoms. The number of rotatable bonds is 4. The number of amides is 1. The number of aliphatic hydroxyl groups excluding tert-OH is 1. The molecule has 2 N–H and O–H groups in total. The van der Waals surface area contributed by atoms with Gasteiger partial charge in [-0.25, -0.2) is 9.78 Å². The molecule has 0 fully saturated rings. The number of benzene rings is 1. The Balaban J connectivity index is 2.41. The number of carbonyl (C=O) groups excluding carboxylic acids is 2. The van der Waals surface area contributed by atoms with Crippen molar-refractivity contribution in [3.63, 3.8) is 0 Å². The van der Waals surface area contributed by atoms with Crippen LogP contribution >= 0.6 is 0 Å². The molecule has 0 saturated heterocycles. The van der Waals surface area contributed by atoms with Crippen molar-refractivity contribution < 1.29 is 19.4 Å². The second-order valence-electron chi connectivity index (χ2n) is 4.55. The van der Waals surface area contributed by atoms with E-state index in [1.807, 2.05) is 0 Å². The van der Waals surface area contributed by atoms with Crippen molar-refractivity contribution in [3.05, 3.63) is 65.4 Å². The molecule has 2 aromatic rings. The maximum atomic E-state index is 12.2. The SMILES string of the molecule is COC(=O)/C(C#N)=C(\O)c1cccnc1NC(=O)c1ccccc1. The fourth-order valence-electron chi connectivity index (χ4n) is 1.90. The molecule has 1 amide bonds. The molecule has 0 radical (unpaired) electrons. The number of nitrogens with zero attached hydrogens (tertiary/aromatic N) is 2. The predicted octanol–water partition coefficient (Wildman–Crippen LogP) is 2.30. The summed E-state index contributed by atoms with van der Waals surface area (Å²) in [5.74, 6) is -2.04. The summed E-state index contributed by atoms with van der Waals surface area (Å²) in [7, 11) is 1.09. The highest BCUT2D eigenvalue weighted by Crippen LogP contribution is 2.23. The number of hydrogen-bond acceptors (Lipinski definition) is 6. The van der Waals surface area contributed by atoms with Gasteiger partial charge >= 0.3 is 5.97 Å². The van der Waals surface area contributed by atoms with Gasteiger partial charge in [-0.15, -0.1) is 0 Å². The van der Waals surface area contributed by atoms with Gasteiger partial charge in [0.15, 0.2) is 11.3 Å². The number of esters is 1. The summed E-state index contributed by atoms with van der Waals surface area (Å²) in [6, 6.07) is 12.9. The van der Waals surface area contributed by atoms with Crippen molar-refractivity contribution in [2.24, 2.45) is 0 Å². The van der Waals surface area contributed by atoms with E-state index in [1.54, 1.807) is 36.4 Å². The third kappa shape index (κ3) is 3.56. The molecule has 1 heterocycles. The zero-order valence-electron chi connectivity index (χ0n) is 12.7. The van der Waals surface area contributed by atoms with Gasteiger partial charge in [0.2, 0.25) is 0 Å². The molecule has 0 unspecified atom stereocenters. The van der Waals surface area contributed by atoms with Crippen LogP contribution in [0, 0.1) is 11.3 Å². The molecule has 2 rings (SSSR count). The first-order valence-electron chi connectivity index (χ1n) is 6.82. The second kappa shape index (κ2) is 7.56. The molecule has 0 aliphatic carbocycles. The Kier molecular flexibility index (Phi) is 5.26. The van der Waals surface area contributed by atoms with Gasteiger partial charge in [-0.05, 0) is 24.3 Å². The first-order chi connectivity index (χ1) is 11.6. The maximum Gasteiger partial charge on any atom is 0.352 e. The van der Waals surface area contributed by atoms with Crippen LogP contribution in [-0.2, 0) is 9.53 Å². The lowest BCUT2D eigenvalue weighted by atomic mass is 10.1. The monoisotopic (exact) mass is 323 g/mol. The number of aromatic nitrogens is 1. The number of methoxy groups -OCH3 is 1. The summed E-state index contributed by atoms with van der Waals surface area (Å²) in [6.07, 6.45) is 1.40. The minimum absolute atomic E-state index is 0.0144.